The van der Waals surface area contributed by atoms with Crippen LogP contribution >= 0.6 is 0 Å². The van der Waals surface area contributed by atoms with Crippen molar-refractivity contribution in [3.63, 3.8) is 0 Å². The first-order chi connectivity index (χ1) is 31.8. The quantitative estimate of drug-likeness (QED) is 0.166. The fourth-order valence-corrected chi connectivity index (χ4v) is 11.5. The summed E-state index contributed by atoms with van der Waals surface area (Å²) in [4.78, 5) is 4.84. The summed E-state index contributed by atoms with van der Waals surface area (Å²) in [6, 6.07) is 75.6. The lowest BCUT2D eigenvalue weighted by atomic mass is 9.82. The molecule has 0 fully saturated rings. The van der Waals surface area contributed by atoms with E-state index in [-0.39, 0.29) is 10.8 Å². The molecule has 310 valence electrons. The Kier molecular flexibility index (Phi) is 8.00. The van der Waals surface area contributed by atoms with Gasteiger partial charge in [0.15, 0.2) is 0 Å². The van der Waals surface area contributed by atoms with Crippen molar-refractivity contribution in [3.8, 4) is 22.3 Å². The molecule has 10 aromatic carbocycles. The molecule has 0 radical (unpaired) electrons. The average Bonchev–Trinajstić information content (AvgIpc) is 3.92. The minimum Gasteiger partial charge on any atom is -0.456 e. The van der Waals surface area contributed by atoms with Gasteiger partial charge in [0.2, 0.25) is 0 Å². The van der Waals surface area contributed by atoms with Crippen LogP contribution in [-0.2, 0) is 10.8 Å². The van der Waals surface area contributed by atoms with E-state index in [1.165, 1.54) is 44.5 Å². The third-order valence-electron chi connectivity index (χ3n) is 14.6. The summed E-state index contributed by atoms with van der Waals surface area (Å²) in [5, 5.41) is 6.90. The number of anilines is 6. The van der Waals surface area contributed by atoms with Gasteiger partial charge >= 0.3 is 0 Å². The summed E-state index contributed by atoms with van der Waals surface area (Å²) < 4.78 is 7.24. The number of para-hydroxylation sites is 2. The van der Waals surface area contributed by atoms with E-state index in [0.29, 0.717) is 0 Å². The normalized spacial score (nSPS) is 14.1. The van der Waals surface area contributed by atoms with Gasteiger partial charge in [0.25, 0.3) is 0 Å². The number of fused-ring (bicyclic) bond motifs is 13. The van der Waals surface area contributed by atoms with Crippen LogP contribution in [0.25, 0.3) is 65.7 Å². The molecule has 3 heteroatoms. The van der Waals surface area contributed by atoms with Crippen LogP contribution < -0.4 is 9.80 Å². The van der Waals surface area contributed by atoms with E-state index in [0.717, 1.165) is 77.6 Å². The van der Waals surface area contributed by atoms with Crippen molar-refractivity contribution >= 4 is 77.6 Å². The summed E-state index contributed by atoms with van der Waals surface area (Å²) in [6.07, 6.45) is 0. The Hall–Kier alpha value is -7.88. The van der Waals surface area contributed by atoms with Crippen molar-refractivity contribution in [1.29, 1.82) is 0 Å². The number of benzene rings is 10. The summed E-state index contributed by atoms with van der Waals surface area (Å²) in [6.45, 7) is 9.41. The highest BCUT2D eigenvalue weighted by atomic mass is 16.3. The second kappa shape index (κ2) is 13.8. The molecule has 0 saturated carbocycles. The Morgan fingerprint density at radius 1 is 0.308 bits per heavy atom. The zero-order valence-electron chi connectivity index (χ0n) is 36.9. The lowest BCUT2D eigenvalue weighted by molar-refractivity contribution is 0.660. The molecule has 0 spiro atoms. The van der Waals surface area contributed by atoms with Gasteiger partial charge in [-0.25, -0.2) is 0 Å². The number of furan rings is 1. The maximum atomic E-state index is 7.24. The molecule has 0 bridgehead atoms. The highest BCUT2D eigenvalue weighted by Gasteiger charge is 2.37. The molecule has 2 aliphatic carbocycles. The smallest absolute Gasteiger partial charge is 0.138 e. The van der Waals surface area contributed by atoms with Crippen LogP contribution in [0.4, 0.5) is 34.1 Å². The molecule has 1 heterocycles. The summed E-state index contributed by atoms with van der Waals surface area (Å²) in [5.74, 6) is 0. The lowest BCUT2D eigenvalue weighted by Gasteiger charge is -2.29. The van der Waals surface area contributed by atoms with Gasteiger partial charge in [-0.2, -0.15) is 0 Å². The molecule has 2 aliphatic rings. The van der Waals surface area contributed by atoms with Crippen molar-refractivity contribution in [1.82, 2.24) is 0 Å². The third kappa shape index (κ3) is 5.42. The van der Waals surface area contributed by atoms with Crippen molar-refractivity contribution < 1.29 is 4.42 Å². The Morgan fingerprint density at radius 3 is 1.09 bits per heavy atom. The van der Waals surface area contributed by atoms with Gasteiger partial charge in [0.05, 0.1) is 11.4 Å². The van der Waals surface area contributed by atoms with Crippen molar-refractivity contribution in [3.05, 3.63) is 229 Å². The summed E-state index contributed by atoms with van der Waals surface area (Å²) in [5.41, 5.74) is 18.7. The first kappa shape index (κ1) is 37.7. The minimum atomic E-state index is -0.136. The van der Waals surface area contributed by atoms with Gasteiger partial charge in [0.1, 0.15) is 11.2 Å². The lowest BCUT2D eigenvalue weighted by Crippen LogP contribution is -2.16. The van der Waals surface area contributed by atoms with Crippen molar-refractivity contribution in [2.24, 2.45) is 0 Å². The highest BCUT2D eigenvalue weighted by Crippen LogP contribution is 2.54. The van der Waals surface area contributed by atoms with Crippen LogP contribution in [0.1, 0.15) is 49.9 Å². The maximum absolute atomic E-state index is 7.24. The molecule has 0 atom stereocenters. The predicted molar refractivity (Wildman–Crippen MR) is 273 cm³/mol. The average molecular weight is 835 g/mol. The third-order valence-corrected chi connectivity index (χ3v) is 14.6. The van der Waals surface area contributed by atoms with Crippen molar-refractivity contribution in [2.45, 2.75) is 38.5 Å². The fraction of sp³-hybridized carbons (Fsp3) is 0.0968. The fourth-order valence-electron chi connectivity index (χ4n) is 11.5. The second-order valence-corrected chi connectivity index (χ2v) is 18.9. The van der Waals surface area contributed by atoms with E-state index >= 15 is 0 Å². The highest BCUT2D eigenvalue weighted by molar-refractivity contribution is 6.30. The number of hydrogen-bond acceptors (Lipinski definition) is 3. The molecular formula is C62H46N2O. The van der Waals surface area contributed by atoms with E-state index in [9.17, 15) is 0 Å². The van der Waals surface area contributed by atoms with Gasteiger partial charge in [-0.15, -0.1) is 0 Å². The van der Waals surface area contributed by atoms with E-state index in [2.05, 4.69) is 244 Å². The van der Waals surface area contributed by atoms with Crippen molar-refractivity contribution in [2.75, 3.05) is 9.80 Å². The Morgan fingerprint density at radius 2 is 0.662 bits per heavy atom. The molecular weight excluding hydrogens is 789 g/mol. The first-order valence-corrected chi connectivity index (χ1v) is 22.8. The van der Waals surface area contributed by atoms with Gasteiger partial charge in [-0.3, -0.25) is 0 Å². The number of rotatable bonds is 6. The van der Waals surface area contributed by atoms with Gasteiger partial charge in [-0.1, -0.05) is 173 Å². The second-order valence-electron chi connectivity index (χ2n) is 18.9. The summed E-state index contributed by atoms with van der Waals surface area (Å²) >= 11 is 0. The minimum absolute atomic E-state index is 0.136. The molecule has 0 aliphatic heterocycles. The Bertz CT molecular complexity index is 3480. The Labute approximate surface area is 379 Å². The van der Waals surface area contributed by atoms with E-state index in [4.69, 9.17) is 4.42 Å². The zero-order valence-corrected chi connectivity index (χ0v) is 36.9. The largest absolute Gasteiger partial charge is 0.456 e. The molecule has 0 saturated heterocycles. The molecule has 3 nitrogen and oxygen atoms in total. The van der Waals surface area contributed by atoms with Gasteiger partial charge in [0, 0.05) is 67.3 Å². The predicted octanol–water partition coefficient (Wildman–Crippen LogP) is 17.4. The van der Waals surface area contributed by atoms with E-state index in [1.807, 2.05) is 0 Å². The van der Waals surface area contributed by atoms with Crippen LogP contribution in [0.15, 0.2) is 211 Å². The number of nitrogens with zero attached hydrogens (tertiary/aromatic N) is 2. The van der Waals surface area contributed by atoms with Crippen LogP contribution in [0.3, 0.4) is 0 Å². The molecule has 0 unspecified atom stereocenters. The van der Waals surface area contributed by atoms with E-state index in [1.54, 1.807) is 0 Å². The van der Waals surface area contributed by atoms with Crippen LogP contribution in [0.5, 0.6) is 0 Å². The Balaban J connectivity index is 1.05. The molecule has 11 aromatic rings. The molecule has 0 N–H and O–H groups in total. The van der Waals surface area contributed by atoms with Crippen LogP contribution in [0, 0.1) is 0 Å². The van der Waals surface area contributed by atoms with Gasteiger partial charge in [-0.05, 0) is 104 Å². The van der Waals surface area contributed by atoms with Crippen LogP contribution in [-0.4, -0.2) is 0 Å². The monoisotopic (exact) mass is 834 g/mol. The molecule has 65 heavy (non-hydrogen) atoms. The SMILES string of the molecule is CC1(C)c2ccccc2-c2ccc(N(c3ccccc3)c3cc4oc5cc(N(c6ccccc6)c6ccc7c(c6)C(C)(C)c6ccccc6-7)c6ccccc6c5c4c4ccccc34)cc21. The zero-order chi connectivity index (χ0) is 43.6. The molecule has 0 amide bonds. The van der Waals surface area contributed by atoms with E-state index < -0.39 is 0 Å². The number of hydrogen-bond donors (Lipinski definition) is 0. The molecule has 13 rings (SSSR count). The standard InChI is InChI=1S/C62H46N2O/c1-61(2)51-29-17-15-23-43(51)45-33-31-41(35-53(45)61)63(39-19-7-5-8-20-39)55-37-57-59(49-27-13-11-25-47(49)55)60-50-28-14-12-26-48(50)56(38-58(60)65-57)64(40-21-9-6-10-22-40)42-32-34-46-44-24-16-18-30-52(44)62(3,4)54(46)36-42/h5-38H,1-4H3. The first-order valence-electron chi connectivity index (χ1n) is 22.8. The maximum Gasteiger partial charge on any atom is 0.138 e. The topological polar surface area (TPSA) is 19.6 Å². The van der Waals surface area contributed by atoms with Crippen LogP contribution in [0.2, 0.25) is 0 Å². The molecule has 1 aromatic heterocycles. The summed E-state index contributed by atoms with van der Waals surface area (Å²) in [7, 11) is 0. The van der Waals surface area contributed by atoms with Gasteiger partial charge < -0.3 is 14.2 Å².